The Morgan fingerprint density at radius 3 is 2.23 bits per heavy atom. The van der Waals surface area contributed by atoms with E-state index in [4.69, 9.17) is 11.6 Å². The minimum Gasteiger partial charge on any atom is -0.384 e. The van der Waals surface area contributed by atoms with Crippen LogP contribution in [0.1, 0.15) is 35.1 Å². The average molecular weight is 421 g/mol. The van der Waals surface area contributed by atoms with Gasteiger partial charge in [0, 0.05) is 22.7 Å². The van der Waals surface area contributed by atoms with Gasteiger partial charge < -0.3 is 10.6 Å². The highest BCUT2D eigenvalue weighted by Crippen LogP contribution is 2.47. The lowest BCUT2D eigenvalue weighted by molar-refractivity contribution is 0.334. The van der Waals surface area contributed by atoms with E-state index in [1.807, 2.05) is 54.6 Å². The molecule has 0 bridgehead atoms. The van der Waals surface area contributed by atoms with Crippen molar-refractivity contribution in [2.45, 2.75) is 23.7 Å². The summed E-state index contributed by atoms with van der Waals surface area (Å²) in [6.07, 6.45) is 2.21. The molecule has 0 radical (unpaired) electrons. The monoisotopic (exact) mass is 420 g/mol. The third-order valence-electron chi connectivity index (χ3n) is 7.07. The molecule has 154 valence electrons. The maximum atomic E-state index is 15.2. The van der Waals surface area contributed by atoms with Crippen molar-refractivity contribution in [1.82, 2.24) is 5.32 Å². The van der Waals surface area contributed by atoms with Gasteiger partial charge in [0.25, 0.3) is 0 Å². The molecule has 3 aromatic rings. The molecule has 30 heavy (non-hydrogen) atoms. The number of rotatable bonds is 4. The van der Waals surface area contributed by atoms with Gasteiger partial charge in [-0.3, -0.25) is 0 Å². The first-order chi connectivity index (χ1) is 14.7. The minimum absolute atomic E-state index is 0.134. The van der Waals surface area contributed by atoms with Crippen molar-refractivity contribution in [3.8, 4) is 0 Å². The Morgan fingerprint density at radius 2 is 1.53 bits per heavy atom. The quantitative estimate of drug-likeness (QED) is 0.530. The van der Waals surface area contributed by atoms with E-state index in [-0.39, 0.29) is 5.41 Å². The molecule has 1 saturated heterocycles. The van der Waals surface area contributed by atoms with Crippen molar-refractivity contribution >= 4 is 17.3 Å². The fraction of sp³-hybridized carbons (Fsp3) is 0.308. The standard InChI is InChI=1S/C26H26ClFN2/c27-22-9-6-20(7-10-22)26(17-28,19-4-2-1-3-5-19)21-8-11-24-23(16-21)25(18-30-24)12-14-29-15-13-25/h1-11,16,29-30H,12-15,17-18H2. The number of hydrogen-bond acceptors (Lipinski definition) is 2. The van der Waals surface area contributed by atoms with Crippen LogP contribution in [-0.2, 0) is 10.8 Å². The Bertz CT molecular complexity index is 1020. The summed E-state index contributed by atoms with van der Waals surface area (Å²) in [5.41, 5.74) is 4.68. The van der Waals surface area contributed by atoms with Gasteiger partial charge in [0.2, 0.25) is 0 Å². The molecule has 2 heterocycles. The number of hydrogen-bond donors (Lipinski definition) is 2. The molecule has 0 saturated carbocycles. The summed E-state index contributed by atoms with van der Waals surface area (Å²) in [6, 6.07) is 24.1. The predicted octanol–water partition coefficient (Wildman–Crippen LogP) is 5.69. The Balaban J connectivity index is 1.71. The third-order valence-corrected chi connectivity index (χ3v) is 7.32. The maximum absolute atomic E-state index is 15.2. The molecule has 1 atom stereocenters. The van der Waals surface area contributed by atoms with Gasteiger partial charge in [-0.25, -0.2) is 4.39 Å². The van der Waals surface area contributed by atoms with Crippen molar-refractivity contribution in [3.63, 3.8) is 0 Å². The lowest BCUT2D eigenvalue weighted by atomic mass is 9.68. The molecule has 2 aliphatic heterocycles. The van der Waals surface area contributed by atoms with E-state index >= 15 is 4.39 Å². The SMILES string of the molecule is FCC(c1ccccc1)(c1ccc(Cl)cc1)c1ccc2c(c1)C1(CCNCC1)CN2. The molecule has 0 aromatic heterocycles. The number of alkyl halides is 1. The van der Waals surface area contributed by atoms with Crippen molar-refractivity contribution in [1.29, 1.82) is 0 Å². The molecule has 3 aromatic carbocycles. The molecule has 0 aliphatic carbocycles. The van der Waals surface area contributed by atoms with Crippen molar-refractivity contribution in [2.75, 3.05) is 31.6 Å². The zero-order chi connectivity index (χ0) is 20.6. The van der Waals surface area contributed by atoms with Crippen LogP contribution in [0.15, 0.2) is 72.8 Å². The first-order valence-electron chi connectivity index (χ1n) is 10.7. The molecule has 2 nitrogen and oxygen atoms in total. The molecule has 2 N–H and O–H groups in total. The fourth-order valence-electron chi connectivity index (χ4n) is 5.30. The second-order valence-electron chi connectivity index (χ2n) is 8.56. The Morgan fingerprint density at radius 1 is 0.867 bits per heavy atom. The van der Waals surface area contributed by atoms with E-state index in [1.54, 1.807) is 0 Å². The van der Waals surface area contributed by atoms with E-state index in [1.165, 1.54) is 11.3 Å². The van der Waals surface area contributed by atoms with Gasteiger partial charge in [0.1, 0.15) is 6.67 Å². The van der Waals surface area contributed by atoms with E-state index < -0.39 is 12.1 Å². The fourth-order valence-corrected chi connectivity index (χ4v) is 5.43. The normalized spacial score (nSPS) is 19.1. The van der Waals surface area contributed by atoms with Crippen molar-refractivity contribution in [2.24, 2.45) is 0 Å². The molecule has 5 rings (SSSR count). The lowest BCUT2D eigenvalue weighted by Gasteiger charge is -2.36. The molecule has 1 spiro atoms. The second-order valence-corrected chi connectivity index (χ2v) is 8.99. The zero-order valence-electron chi connectivity index (χ0n) is 16.9. The van der Waals surface area contributed by atoms with E-state index in [9.17, 15) is 0 Å². The van der Waals surface area contributed by atoms with Crippen LogP contribution in [0.4, 0.5) is 10.1 Å². The summed E-state index contributed by atoms with van der Waals surface area (Å²) in [5, 5.41) is 7.74. The van der Waals surface area contributed by atoms with Gasteiger partial charge >= 0.3 is 0 Å². The maximum Gasteiger partial charge on any atom is 0.107 e. The van der Waals surface area contributed by atoms with Crippen LogP contribution < -0.4 is 10.6 Å². The molecule has 0 amide bonds. The largest absolute Gasteiger partial charge is 0.384 e. The highest BCUT2D eigenvalue weighted by molar-refractivity contribution is 6.30. The summed E-state index contributed by atoms with van der Waals surface area (Å²) in [4.78, 5) is 0. The number of halogens is 2. The lowest BCUT2D eigenvalue weighted by Crippen LogP contribution is -2.41. The number of anilines is 1. The molecular formula is C26H26ClFN2. The van der Waals surface area contributed by atoms with Gasteiger partial charge in [-0.2, -0.15) is 0 Å². The summed E-state index contributed by atoms with van der Waals surface area (Å²) in [6.45, 7) is 2.49. The van der Waals surface area contributed by atoms with Gasteiger partial charge in [-0.15, -0.1) is 0 Å². The van der Waals surface area contributed by atoms with Crippen LogP contribution in [0.3, 0.4) is 0 Å². The third kappa shape index (κ3) is 3.03. The van der Waals surface area contributed by atoms with Crippen molar-refractivity contribution < 1.29 is 4.39 Å². The summed E-state index contributed by atoms with van der Waals surface area (Å²) < 4.78 is 15.2. The van der Waals surface area contributed by atoms with Crippen LogP contribution >= 0.6 is 11.6 Å². The minimum atomic E-state index is -0.864. The molecule has 1 unspecified atom stereocenters. The molecule has 1 fully saturated rings. The van der Waals surface area contributed by atoms with Crippen LogP contribution in [0.2, 0.25) is 5.02 Å². The van der Waals surface area contributed by atoms with Crippen LogP contribution in [0, 0.1) is 0 Å². The number of piperidine rings is 1. The predicted molar refractivity (Wildman–Crippen MR) is 122 cm³/mol. The number of benzene rings is 3. The first kappa shape index (κ1) is 19.6. The van der Waals surface area contributed by atoms with Crippen LogP contribution in [0.25, 0.3) is 0 Å². The van der Waals surface area contributed by atoms with Gasteiger partial charge in [-0.05, 0) is 66.4 Å². The topological polar surface area (TPSA) is 24.1 Å². The molecule has 4 heteroatoms. The summed E-state index contributed by atoms with van der Waals surface area (Å²) >= 11 is 6.16. The van der Waals surface area contributed by atoms with E-state index in [0.29, 0.717) is 5.02 Å². The number of fused-ring (bicyclic) bond motifs is 2. The smallest absolute Gasteiger partial charge is 0.107 e. The van der Waals surface area contributed by atoms with E-state index in [0.717, 1.165) is 49.2 Å². The van der Waals surface area contributed by atoms with Crippen LogP contribution in [0.5, 0.6) is 0 Å². The van der Waals surface area contributed by atoms with Crippen molar-refractivity contribution in [3.05, 3.63) is 100 Å². The van der Waals surface area contributed by atoms with Gasteiger partial charge in [0.05, 0.1) is 5.41 Å². The summed E-state index contributed by atoms with van der Waals surface area (Å²) in [7, 11) is 0. The molecule has 2 aliphatic rings. The Hall–Kier alpha value is -2.36. The number of nitrogens with one attached hydrogen (secondary N) is 2. The van der Waals surface area contributed by atoms with Gasteiger partial charge in [-0.1, -0.05) is 66.2 Å². The highest BCUT2D eigenvalue weighted by atomic mass is 35.5. The van der Waals surface area contributed by atoms with Gasteiger partial charge in [0.15, 0.2) is 0 Å². The Labute approximate surface area is 182 Å². The molecular weight excluding hydrogens is 395 g/mol. The second kappa shape index (κ2) is 7.72. The highest BCUT2D eigenvalue weighted by Gasteiger charge is 2.42. The Kier molecular flexibility index (Phi) is 5.04. The van der Waals surface area contributed by atoms with E-state index in [2.05, 4.69) is 28.8 Å². The average Bonchev–Trinajstić information content (AvgIpc) is 3.14. The van der Waals surface area contributed by atoms with Crippen LogP contribution in [-0.4, -0.2) is 26.3 Å². The first-order valence-corrected chi connectivity index (χ1v) is 11.0. The zero-order valence-corrected chi connectivity index (χ0v) is 17.7. The summed E-state index contributed by atoms with van der Waals surface area (Å²) in [5.74, 6) is 0.